The molecule has 0 bridgehead atoms. The smallest absolute Gasteiger partial charge is 0.221 e. The Hall–Kier alpha value is -1.00. The summed E-state index contributed by atoms with van der Waals surface area (Å²) in [7, 11) is 3.51. The second-order valence-corrected chi connectivity index (χ2v) is 4.28. The summed E-state index contributed by atoms with van der Waals surface area (Å²) in [6.07, 6.45) is 5.92. The van der Waals surface area contributed by atoms with Crippen molar-refractivity contribution in [1.29, 1.82) is 0 Å². The van der Waals surface area contributed by atoms with Crippen molar-refractivity contribution in [2.24, 2.45) is 0 Å². The standard InChI is InChI=1S/C12H20N2OS/c1-5-7-11(6-2)16-9-10(13-3)8-12(15)14-4/h5-7,10,13H,1-2,8-9H2,3-4H3,(H,14,15)/b11-7+. The molecule has 0 aliphatic rings. The third-order valence-corrected chi connectivity index (χ3v) is 3.26. The van der Waals surface area contributed by atoms with Gasteiger partial charge in [0.1, 0.15) is 0 Å². The number of carbonyl (C=O) groups is 1. The molecule has 90 valence electrons. The summed E-state index contributed by atoms with van der Waals surface area (Å²) in [5.41, 5.74) is 0. The van der Waals surface area contributed by atoms with Gasteiger partial charge >= 0.3 is 0 Å². The summed E-state index contributed by atoms with van der Waals surface area (Å²) >= 11 is 1.66. The number of carbonyl (C=O) groups excluding carboxylic acids is 1. The first-order valence-electron chi connectivity index (χ1n) is 5.13. The summed E-state index contributed by atoms with van der Waals surface area (Å²) in [4.78, 5) is 12.3. The van der Waals surface area contributed by atoms with Crippen molar-refractivity contribution in [3.63, 3.8) is 0 Å². The van der Waals surface area contributed by atoms with Gasteiger partial charge in [0.25, 0.3) is 0 Å². The molecule has 0 rings (SSSR count). The summed E-state index contributed by atoms with van der Waals surface area (Å²) in [5.74, 6) is 0.878. The van der Waals surface area contributed by atoms with E-state index in [-0.39, 0.29) is 11.9 Å². The molecule has 1 atom stereocenters. The number of thioether (sulfide) groups is 1. The Morgan fingerprint density at radius 2 is 2.12 bits per heavy atom. The maximum Gasteiger partial charge on any atom is 0.221 e. The van der Waals surface area contributed by atoms with Crippen LogP contribution in [-0.4, -0.2) is 31.8 Å². The lowest BCUT2D eigenvalue weighted by atomic mass is 10.2. The lowest BCUT2D eigenvalue weighted by Gasteiger charge is -2.14. The Morgan fingerprint density at radius 3 is 2.56 bits per heavy atom. The highest BCUT2D eigenvalue weighted by molar-refractivity contribution is 8.03. The van der Waals surface area contributed by atoms with E-state index in [1.807, 2.05) is 13.1 Å². The number of rotatable bonds is 8. The molecule has 0 aromatic carbocycles. The molecule has 0 aliphatic heterocycles. The molecule has 0 saturated carbocycles. The highest BCUT2D eigenvalue weighted by atomic mass is 32.2. The van der Waals surface area contributed by atoms with Gasteiger partial charge in [-0.05, 0) is 13.1 Å². The molecule has 0 aromatic rings. The minimum absolute atomic E-state index is 0.0489. The van der Waals surface area contributed by atoms with Crippen LogP contribution in [0.3, 0.4) is 0 Å². The fraction of sp³-hybridized carbons (Fsp3) is 0.417. The predicted octanol–water partition coefficient (Wildman–Crippen LogP) is 1.70. The van der Waals surface area contributed by atoms with E-state index < -0.39 is 0 Å². The summed E-state index contributed by atoms with van der Waals surface area (Å²) in [5, 5.41) is 5.74. The Labute approximate surface area is 102 Å². The average Bonchev–Trinajstić information content (AvgIpc) is 2.32. The molecule has 2 N–H and O–H groups in total. The lowest BCUT2D eigenvalue weighted by Crippen LogP contribution is -2.34. The largest absolute Gasteiger partial charge is 0.359 e. The van der Waals surface area contributed by atoms with Crippen LogP contribution < -0.4 is 10.6 Å². The summed E-state index contributed by atoms with van der Waals surface area (Å²) in [6, 6.07) is 0.165. The van der Waals surface area contributed by atoms with Gasteiger partial charge in [0.15, 0.2) is 0 Å². The Morgan fingerprint density at radius 1 is 1.44 bits per heavy atom. The third-order valence-electron chi connectivity index (χ3n) is 2.05. The molecule has 0 heterocycles. The molecule has 3 nitrogen and oxygen atoms in total. The van der Waals surface area contributed by atoms with Gasteiger partial charge < -0.3 is 10.6 Å². The molecule has 0 saturated heterocycles. The van der Waals surface area contributed by atoms with Gasteiger partial charge in [-0.25, -0.2) is 0 Å². The van der Waals surface area contributed by atoms with Crippen LogP contribution in [0.25, 0.3) is 0 Å². The SMILES string of the molecule is C=C/C=C(\C=C)SCC(CC(=O)NC)NC. The van der Waals surface area contributed by atoms with Crippen LogP contribution in [0.1, 0.15) is 6.42 Å². The van der Waals surface area contributed by atoms with E-state index in [9.17, 15) is 4.79 Å². The van der Waals surface area contributed by atoms with Crippen molar-refractivity contribution in [3.8, 4) is 0 Å². The number of allylic oxidation sites excluding steroid dienone is 3. The van der Waals surface area contributed by atoms with Gasteiger partial charge in [0.05, 0.1) is 0 Å². The second-order valence-electron chi connectivity index (χ2n) is 3.18. The Bertz CT molecular complexity index is 274. The van der Waals surface area contributed by atoms with E-state index in [2.05, 4.69) is 23.8 Å². The lowest BCUT2D eigenvalue weighted by molar-refractivity contribution is -0.120. The quantitative estimate of drug-likeness (QED) is 0.635. The van der Waals surface area contributed by atoms with Crippen molar-refractivity contribution in [2.75, 3.05) is 19.8 Å². The molecular weight excluding hydrogens is 220 g/mol. The van der Waals surface area contributed by atoms with Crippen molar-refractivity contribution in [3.05, 3.63) is 36.3 Å². The van der Waals surface area contributed by atoms with Crippen molar-refractivity contribution >= 4 is 17.7 Å². The van der Waals surface area contributed by atoms with Gasteiger partial charge in [0.2, 0.25) is 5.91 Å². The van der Waals surface area contributed by atoms with Crippen molar-refractivity contribution in [1.82, 2.24) is 10.6 Å². The van der Waals surface area contributed by atoms with Crippen LogP contribution in [0.2, 0.25) is 0 Å². The summed E-state index contributed by atoms with van der Waals surface area (Å²) in [6.45, 7) is 7.36. The van der Waals surface area contributed by atoms with Gasteiger partial charge in [-0.15, -0.1) is 11.8 Å². The predicted molar refractivity (Wildman–Crippen MR) is 72.5 cm³/mol. The first-order valence-corrected chi connectivity index (χ1v) is 6.12. The van der Waals surface area contributed by atoms with E-state index >= 15 is 0 Å². The fourth-order valence-corrected chi connectivity index (χ4v) is 2.05. The van der Waals surface area contributed by atoms with E-state index in [1.165, 1.54) is 0 Å². The molecule has 0 spiro atoms. The zero-order valence-electron chi connectivity index (χ0n) is 9.95. The van der Waals surface area contributed by atoms with Crippen LogP contribution in [0.15, 0.2) is 36.3 Å². The topological polar surface area (TPSA) is 41.1 Å². The zero-order chi connectivity index (χ0) is 12.4. The molecule has 0 fully saturated rings. The Kier molecular flexibility index (Phi) is 8.66. The normalized spacial score (nSPS) is 13.0. The minimum Gasteiger partial charge on any atom is -0.359 e. The fourth-order valence-electron chi connectivity index (χ4n) is 1.06. The van der Waals surface area contributed by atoms with Gasteiger partial charge in [-0.3, -0.25) is 4.79 Å². The summed E-state index contributed by atoms with van der Waals surface area (Å²) < 4.78 is 0. The minimum atomic E-state index is 0.0489. The van der Waals surface area contributed by atoms with Crippen LogP contribution in [-0.2, 0) is 4.79 Å². The molecule has 1 unspecified atom stereocenters. The number of hydrogen-bond acceptors (Lipinski definition) is 3. The second kappa shape index (κ2) is 9.24. The van der Waals surface area contributed by atoms with E-state index in [4.69, 9.17) is 0 Å². The molecule has 4 heteroatoms. The van der Waals surface area contributed by atoms with Crippen LogP contribution in [0.5, 0.6) is 0 Å². The molecule has 0 aromatic heterocycles. The maximum absolute atomic E-state index is 11.2. The monoisotopic (exact) mass is 240 g/mol. The van der Waals surface area contributed by atoms with E-state index in [1.54, 1.807) is 31.0 Å². The molecule has 16 heavy (non-hydrogen) atoms. The third kappa shape index (κ3) is 6.48. The van der Waals surface area contributed by atoms with E-state index in [0.717, 1.165) is 10.7 Å². The van der Waals surface area contributed by atoms with Crippen molar-refractivity contribution < 1.29 is 4.79 Å². The van der Waals surface area contributed by atoms with Gasteiger partial charge in [-0.1, -0.05) is 25.3 Å². The van der Waals surface area contributed by atoms with Crippen LogP contribution in [0.4, 0.5) is 0 Å². The highest BCUT2D eigenvalue weighted by Gasteiger charge is 2.11. The molecule has 1 amide bonds. The number of nitrogens with one attached hydrogen (secondary N) is 2. The zero-order valence-corrected chi connectivity index (χ0v) is 10.8. The molecule has 0 radical (unpaired) electrons. The first kappa shape index (κ1) is 15.0. The highest BCUT2D eigenvalue weighted by Crippen LogP contribution is 2.18. The average molecular weight is 240 g/mol. The van der Waals surface area contributed by atoms with Crippen molar-refractivity contribution in [2.45, 2.75) is 12.5 Å². The maximum atomic E-state index is 11.2. The molecule has 0 aliphatic carbocycles. The van der Waals surface area contributed by atoms with E-state index in [0.29, 0.717) is 6.42 Å². The van der Waals surface area contributed by atoms with Gasteiger partial charge in [0, 0.05) is 30.2 Å². The number of hydrogen-bond donors (Lipinski definition) is 2. The first-order chi connectivity index (χ1) is 7.67. The van der Waals surface area contributed by atoms with Crippen LogP contribution >= 0.6 is 11.8 Å². The number of amides is 1. The molecular formula is C12H20N2OS. The van der Waals surface area contributed by atoms with Crippen LogP contribution in [0, 0.1) is 0 Å². The van der Waals surface area contributed by atoms with Gasteiger partial charge in [-0.2, -0.15) is 0 Å². The Balaban J connectivity index is 4.12.